The van der Waals surface area contributed by atoms with Crippen LogP contribution in [0.2, 0.25) is 0 Å². The first-order valence-electron chi connectivity index (χ1n) is 5.67. The molecule has 4 heteroatoms. The number of piperidine rings is 1. The van der Waals surface area contributed by atoms with Gasteiger partial charge in [0, 0.05) is 0 Å². The van der Waals surface area contributed by atoms with Gasteiger partial charge in [-0.15, -0.1) is 0 Å². The van der Waals surface area contributed by atoms with Gasteiger partial charge in [-0.25, -0.2) is 8.42 Å². The van der Waals surface area contributed by atoms with Gasteiger partial charge in [-0.1, -0.05) is 6.92 Å². The average molecular weight is 233 g/mol. The molecular weight excluding hydrogens is 210 g/mol. The molecule has 0 amide bonds. The summed E-state index contributed by atoms with van der Waals surface area (Å²) < 4.78 is 23.5. The van der Waals surface area contributed by atoms with Gasteiger partial charge in [0.2, 0.25) is 0 Å². The molecule has 1 saturated heterocycles. The van der Waals surface area contributed by atoms with E-state index in [-0.39, 0.29) is 0 Å². The van der Waals surface area contributed by atoms with Crippen molar-refractivity contribution in [2.45, 2.75) is 38.9 Å². The lowest BCUT2D eigenvalue weighted by Gasteiger charge is -2.31. The zero-order valence-electron chi connectivity index (χ0n) is 10.2. The van der Waals surface area contributed by atoms with E-state index in [0.29, 0.717) is 17.6 Å². The average Bonchev–Trinajstić information content (AvgIpc) is 2.06. The Bertz CT molecular complexity index is 303. The second-order valence-corrected chi connectivity index (χ2v) is 8.41. The molecule has 0 spiro atoms. The van der Waals surface area contributed by atoms with E-state index in [4.69, 9.17) is 0 Å². The monoisotopic (exact) mass is 233 g/mol. The number of hydrogen-bond acceptors (Lipinski definition) is 3. The van der Waals surface area contributed by atoms with Crippen LogP contribution in [-0.2, 0) is 9.84 Å². The Hall–Kier alpha value is -0.0900. The third-order valence-electron chi connectivity index (χ3n) is 3.33. The van der Waals surface area contributed by atoms with Gasteiger partial charge in [0.1, 0.15) is 0 Å². The molecule has 1 fully saturated rings. The van der Waals surface area contributed by atoms with Gasteiger partial charge < -0.3 is 5.32 Å². The lowest BCUT2D eigenvalue weighted by atomic mass is 9.90. The van der Waals surface area contributed by atoms with Crippen LogP contribution in [0.3, 0.4) is 0 Å². The summed E-state index contributed by atoms with van der Waals surface area (Å²) in [6.07, 6.45) is 0.983. The van der Waals surface area contributed by atoms with Gasteiger partial charge in [0.25, 0.3) is 0 Å². The van der Waals surface area contributed by atoms with Gasteiger partial charge in [0.15, 0.2) is 9.84 Å². The highest BCUT2D eigenvalue weighted by Crippen LogP contribution is 2.25. The summed E-state index contributed by atoms with van der Waals surface area (Å²) in [4.78, 5) is 0. The van der Waals surface area contributed by atoms with Crippen molar-refractivity contribution in [2.75, 3.05) is 18.8 Å². The van der Waals surface area contributed by atoms with E-state index in [1.807, 2.05) is 0 Å². The van der Waals surface area contributed by atoms with Crippen molar-refractivity contribution in [3.8, 4) is 0 Å². The third-order valence-corrected chi connectivity index (χ3v) is 6.06. The first-order valence-corrected chi connectivity index (χ1v) is 7.32. The van der Waals surface area contributed by atoms with Crippen molar-refractivity contribution >= 4 is 9.84 Å². The van der Waals surface area contributed by atoms with Crippen LogP contribution < -0.4 is 5.32 Å². The van der Waals surface area contributed by atoms with Gasteiger partial charge >= 0.3 is 0 Å². The van der Waals surface area contributed by atoms with Crippen LogP contribution in [0.25, 0.3) is 0 Å². The van der Waals surface area contributed by atoms with E-state index in [1.165, 1.54) is 0 Å². The highest BCUT2D eigenvalue weighted by atomic mass is 32.2. The van der Waals surface area contributed by atoms with Gasteiger partial charge in [-0.3, -0.25) is 0 Å². The standard InChI is InChI=1S/C11H23NO2S/c1-9-7-12-6-5-10(9)8-15(13,14)11(2,3)4/h9-10,12H,5-8H2,1-4H3. The van der Waals surface area contributed by atoms with E-state index < -0.39 is 14.6 Å². The maximum absolute atomic E-state index is 12.0. The maximum Gasteiger partial charge on any atom is 0.155 e. The van der Waals surface area contributed by atoms with E-state index in [9.17, 15) is 8.42 Å². The Morgan fingerprint density at radius 2 is 1.93 bits per heavy atom. The fourth-order valence-corrected chi connectivity index (χ4v) is 3.41. The van der Waals surface area contributed by atoms with Gasteiger partial charge in [-0.2, -0.15) is 0 Å². The van der Waals surface area contributed by atoms with Crippen LogP contribution in [-0.4, -0.2) is 32.0 Å². The lowest BCUT2D eigenvalue weighted by Crippen LogP contribution is -2.41. The van der Waals surface area contributed by atoms with Crippen LogP contribution in [0.4, 0.5) is 0 Å². The summed E-state index contributed by atoms with van der Waals surface area (Å²) in [5.41, 5.74) is 0. The Kier molecular flexibility index (Phi) is 3.82. The maximum atomic E-state index is 12.0. The topological polar surface area (TPSA) is 46.2 Å². The van der Waals surface area contributed by atoms with Crippen LogP contribution in [0.15, 0.2) is 0 Å². The summed E-state index contributed by atoms with van der Waals surface area (Å²) in [5.74, 6) is 1.14. The molecule has 90 valence electrons. The zero-order valence-corrected chi connectivity index (χ0v) is 11.0. The number of hydrogen-bond donors (Lipinski definition) is 1. The fourth-order valence-electron chi connectivity index (χ4n) is 1.85. The minimum absolute atomic E-state index is 0.329. The summed E-state index contributed by atoms with van der Waals surface area (Å²) in [6.45, 7) is 9.39. The molecule has 0 aromatic carbocycles. The van der Waals surface area contributed by atoms with Crippen molar-refractivity contribution in [3.63, 3.8) is 0 Å². The molecule has 15 heavy (non-hydrogen) atoms. The fraction of sp³-hybridized carbons (Fsp3) is 1.00. The number of nitrogens with one attached hydrogen (secondary N) is 1. The van der Waals surface area contributed by atoms with Crippen LogP contribution in [0, 0.1) is 11.8 Å². The largest absolute Gasteiger partial charge is 0.316 e. The van der Waals surface area contributed by atoms with Crippen LogP contribution in [0.1, 0.15) is 34.1 Å². The van der Waals surface area contributed by atoms with E-state index in [0.717, 1.165) is 19.5 Å². The zero-order chi connectivity index (χ0) is 11.7. The predicted octanol–water partition coefficient (Wildman–Crippen LogP) is 1.45. The van der Waals surface area contributed by atoms with Crippen LogP contribution >= 0.6 is 0 Å². The van der Waals surface area contributed by atoms with E-state index in [2.05, 4.69) is 12.2 Å². The Balaban J connectivity index is 2.69. The molecule has 1 aliphatic heterocycles. The number of rotatable bonds is 2. The summed E-state index contributed by atoms with van der Waals surface area (Å²) in [7, 11) is -2.96. The predicted molar refractivity (Wildman–Crippen MR) is 63.7 cm³/mol. The second kappa shape index (κ2) is 4.42. The van der Waals surface area contributed by atoms with Gasteiger partial charge in [-0.05, 0) is 52.1 Å². The molecule has 0 aliphatic carbocycles. The first-order chi connectivity index (χ1) is 6.74. The highest BCUT2D eigenvalue weighted by molar-refractivity contribution is 7.92. The third kappa shape index (κ3) is 3.18. The molecule has 0 aromatic heterocycles. The molecule has 1 heterocycles. The minimum Gasteiger partial charge on any atom is -0.316 e. The summed E-state index contributed by atoms with van der Waals surface area (Å²) >= 11 is 0. The summed E-state index contributed by atoms with van der Waals surface area (Å²) in [6, 6.07) is 0. The van der Waals surface area contributed by atoms with Crippen molar-refractivity contribution in [1.82, 2.24) is 5.32 Å². The first kappa shape index (κ1) is 13.0. The lowest BCUT2D eigenvalue weighted by molar-refractivity contribution is 0.296. The van der Waals surface area contributed by atoms with Crippen LogP contribution in [0.5, 0.6) is 0 Å². The van der Waals surface area contributed by atoms with E-state index in [1.54, 1.807) is 20.8 Å². The Morgan fingerprint density at radius 3 is 2.40 bits per heavy atom. The molecule has 1 rings (SSSR count). The smallest absolute Gasteiger partial charge is 0.155 e. The van der Waals surface area contributed by atoms with Crippen molar-refractivity contribution in [3.05, 3.63) is 0 Å². The molecule has 2 atom stereocenters. The number of sulfone groups is 1. The normalized spacial score (nSPS) is 29.1. The molecule has 3 nitrogen and oxygen atoms in total. The molecule has 0 saturated carbocycles. The Labute approximate surface area is 93.6 Å². The van der Waals surface area contributed by atoms with Gasteiger partial charge in [0.05, 0.1) is 10.5 Å². The molecule has 1 aliphatic rings. The molecule has 0 bridgehead atoms. The van der Waals surface area contributed by atoms with Crippen molar-refractivity contribution < 1.29 is 8.42 Å². The van der Waals surface area contributed by atoms with Crippen molar-refractivity contribution in [1.29, 1.82) is 0 Å². The highest BCUT2D eigenvalue weighted by Gasteiger charge is 2.34. The minimum atomic E-state index is -2.96. The van der Waals surface area contributed by atoms with E-state index >= 15 is 0 Å². The molecule has 0 radical (unpaired) electrons. The molecule has 2 unspecified atom stereocenters. The molecule has 1 N–H and O–H groups in total. The molecular formula is C11H23NO2S. The summed E-state index contributed by atoms with van der Waals surface area (Å²) in [5, 5.41) is 3.29. The molecule has 0 aromatic rings. The van der Waals surface area contributed by atoms with Crippen molar-refractivity contribution in [2.24, 2.45) is 11.8 Å². The Morgan fingerprint density at radius 1 is 1.33 bits per heavy atom. The second-order valence-electron chi connectivity index (χ2n) is 5.62. The SMILES string of the molecule is CC1CNCCC1CS(=O)(=O)C(C)(C)C. The quantitative estimate of drug-likeness (QED) is 0.785.